The largest absolute Gasteiger partial charge is 0.508 e. The van der Waals surface area contributed by atoms with Crippen LogP contribution in [0.5, 0.6) is 5.75 Å². The topological polar surface area (TPSA) is 124 Å². The third-order valence-corrected chi connectivity index (χ3v) is 5.86. The summed E-state index contributed by atoms with van der Waals surface area (Å²) in [6, 6.07) is 4.79. The van der Waals surface area contributed by atoms with Crippen LogP contribution in [-0.2, 0) is 17.1 Å². The summed E-state index contributed by atoms with van der Waals surface area (Å²) in [5.41, 5.74) is 6.54. The molecule has 28 heavy (non-hydrogen) atoms. The Labute approximate surface area is 164 Å². The molecule has 1 aromatic carbocycles. The van der Waals surface area contributed by atoms with Crippen molar-refractivity contribution in [3.63, 3.8) is 0 Å². The minimum atomic E-state index is -0.467. The van der Waals surface area contributed by atoms with Crippen LogP contribution in [0, 0.1) is 6.92 Å². The molecule has 0 atom stereocenters. The van der Waals surface area contributed by atoms with Crippen molar-refractivity contribution in [3.8, 4) is 5.75 Å². The molecule has 0 spiro atoms. The number of amides is 1. The summed E-state index contributed by atoms with van der Waals surface area (Å²) in [5, 5.41) is 19.9. The van der Waals surface area contributed by atoms with Gasteiger partial charge in [-0.15, -0.1) is 10.2 Å². The van der Waals surface area contributed by atoms with E-state index in [0.717, 1.165) is 29.6 Å². The van der Waals surface area contributed by atoms with Gasteiger partial charge in [-0.2, -0.15) is 0 Å². The van der Waals surface area contributed by atoms with Gasteiger partial charge in [0.15, 0.2) is 5.16 Å². The average Bonchev–Trinajstić information content (AvgIpc) is 3.42. The molecule has 1 amide bonds. The first-order valence-corrected chi connectivity index (χ1v) is 10.0. The number of hydrogen-bond donors (Lipinski definition) is 2. The molecule has 0 radical (unpaired) electrons. The maximum Gasteiger partial charge on any atom is 0.336 e. The minimum Gasteiger partial charge on any atom is -0.508 e. The number of nitrogens with zero attached hydrogens (tertiary/aromatic N) is 3. The summed E-state index contributed by atoms with van der Waals surface area (Å²) >= 11 is 1.45. The molecule has 1 aliphatic rings. The van der Waals surface area contributed by atoms with E-state index in [1.54, 1.807) is 19.1 Å². The lowest BCUT2D eigenvalue weighted by atomic mass is 10.1. The Bertz CT molecular complexity index is 1120. The van der Waals surface area contributed by atoms with Crippen LogP contribution in [0.4, 0.5) is 0 Å². The lowest BCUT2D eigenvalue weighted by Gasteiger charge is -2.10. The molecular weight excluding hydrogens is 380 g/mol. The SMILES string of the molecule is Cc1c(O)ccc2c(CSc3nnc(C4CC4)n3CCC(N)=O)cc(=O)oc12. The second-order valence-electron chi connectivity index (χ2n) is 6.95. The van der Waals surface area contributed by atoms with Gasteiger partial charge in [0.25, 0.3) is 0 Å². The number of hydrogen-bond acceptors (Lipinski definition) is 7. The van der Waals surface area contributed by atoms with Gasteiger partial charge < -0.3 is 19.8 Å². The van der Waals surface area contributed by atoms with Gasteiger partial charge >= 0.3 is 5.63 Å². The second-order valence-corrected chi connectivity index (χ2v) is 7.89. The van der Waals surface area contributed by atoms with E-state index >= 15 is 0 Å². The van der Waals surface area contributed by atoms with Crippen LogP contribution in [0.25, 0.3) is 11.0 Å². The van der Waals surface area contributed by atoms with Gasteiger partial charge in [0.1, 0.15) is 17.2 Å². The first-order valence-electron chi connectivity index (χ1n) is 9.03. The second kappa shape index (κ2) is 7.31. The molecule has 146 valence electrons. The highest BCUT2D eigenvalue weighted by Gasteiger charge is 2.30. The number of carbonyl (C=O) groups excluding carboxylic acids is 1. The minimum absolute atomic E-state index is 0.0840. The third kappa shape index (κ3) is 3.62. The lowest BCUT2D eigenvalue weighted by molar-refractivity contribution is -0.118. The van der Waals surface area contributed by atoms with Crippen molar-refractivity contribution in [2.75, 3.05) is 0 Å². The highest BCUT2D eigenvalue weighted by Crippen LogP contribution is 2.40. The third-order valence-electron chi connectivity index (χ3n) is 4.84. The molecule has 3 aromatic rings. The number of primary amides is 1. The van der Waals surface area contributed by atoms with Crippen molar-refractivity contribution in [3.05, 3.63) is 45.6 Å². The van der Waals surface area contributed by atoms with Crippen molar-refractivity contribution < 1.29 is 14.3 Å². The molecule has 9 heteroatoms. The molecule has 2 heterocycles. The van der Waals surface area contributed by atoms with Gasteiger partial charge in [-0.25, -0.2) is 4.79 Å². The van der Waals surface area contributed by atoms with E-state index in [1.807, 2.05) is 4.57 Å². The van der Waals surface area contributed by atoms with Crippen molar-refractivity contribution in [2.24, 2.45) is 5.73 Å². The summed E-state index contributed by atoms with van der Waals surface area (Å²) < 4.78 is 7.25. The van der Waals surface area contributed by atoms with E-state index in [1.165, 1.54) is 17.8 Å². The molecule has 0 saturated heterocycles. The van der Waals surface area contributed by atoms with Crippen molar-refractivity contribution >= 4 is 28.6 Å². The fourth-order valence-corrected chi connectivity index (χ4v) is 4.12. The molecule has 1 aliphatic carbocycles. The van der Waals surface area contributed by atoms with Crippen LogP contribution in [0.15, 0.2) is 32.6 Å². The zero-order valence-electron chi connectivity index (χ0n) is 15.3. The Morgan fingerprint density at radius 3 is 2.89 bits per heavy atom. The maximum atomic E-state index is 12.0. The number of fused-ring (bicyclic) bond motifs is 1. The number of aromatic hydroxyl groups is 1. The monoisotopic (exact) mass is 400 g/mol. The quantitative estimate of drug-likeness (QED) is 0.461. The van der Waals surface area contributed by atoms with Gasteiger partial charge in [-0.05, 0) is 37.5 Å². The van der Waals surface area contributed by atoms with E-state index in [9.17, 15) is 14.7 Å². The molecule has 0 unspecified atom stereocenters. The van der Waals surface area contributed by atoms with Crippen molar-refractivity contribution in [1.82, 2.24) is 14.8 Å². The number of aryl methyl sites for hydroxylation is 1. The highest BCUT2D eigenvalue weighted by atomic mass is 32.2. The molecule has 0 aliphatic heterocycles. The Morgan fingerprint density at radius 1 is 1.39 bits per heavy atom. The smallest absolute Gasteiger partial charge is 0.336 e. The van der Waals surface area contributed by atoms with Crippen LogP contribution in [0.3, 0.4) is 0 Å². The summed E-state index contributed by atoms with van der Waals surface area (Å²) in [7, 11) is 0. The van der Waals surface area contributed by atoms with E-state index < -0.39 is 5.63 Å². The lowest BCUT2D eigenvalue weighted by Crippen LogP contribution is -2.15. The van der Waals surface area contributed by atoms with E-state index in [0.29, 0.717) is 34.5 Å². The molecule has 1 fully saturated rings. The number of benzene rings is 1. The van der Waals surface area contributed by atoms with Gasteiger partial charge in [0.05, 0.1) is 0 Å². The highest BCUT2D eigenvalue weighted by molar-refractivity contribution is 7.98. The number of nitrogens with two attached hydrogens (primary N) is 1. The Morgan fingerprint density at radius 2 is 2.18 bits per heavy atom. The standard InChI is InChI=1S/C19H20N4O4S/c1-10-14(24)5-4-13-12(8-16(26)27-17(10)13)9-28-19-22-21-18(11-2-3-11)23(19)7-6-15(20)25/h4-5,8,11,24H,2-3,6-7,9H2,1H3,(H2,20,25). The van der Waals surface area contributed by atoms with Crippen LogP contribution < -0.4 is 11.4 Å². The summed E-state index contributed by atoms with van der Waals surface area (Å²) in [6.45, 7) is 2.15. The predicted molar refractivity (Wildman–Crippen MR) is 104 cm³/mol. The fourth-order valence-electron chi connectivity index (χ4n) is 3.16. The summed E-state index contributed by atoms with van der Waals surface area (Å²) in [4.78, 5) is 23.2. The Kier molecular flexibility index (Phi) is 4.84. The van der Waals surface area contributed by atoms with Gasteiger partial charge in [-0.3, -0.25) is 4.79 Å². The number of phenolic OH excluding ortho intramolecular Hbond substituents is 1. The van der Waals surface area contributed by atoms with E-state index in [-0.39, 0.29) is 18.1 Å². The zero-order valence-corrected chi connectivity index (χ0v) is 16.2. The average molecular weight is 400 g/mol. The fraction of sp³-hybridized carbons (Fsp3) is 0.368. The predicted octanol–water partition coefficient (Wildman–Crippen LogP) is 2.44. The van der Waals surface area contributed by atoms with Gasteiger partial charge in [0.2, 0.25) is 5.91 Å². The molecule has 8 nitrogen and oxygen atoms in total. The van der Waals surface area contributed by atoms with Gasteiger partial charge in [0, 0.05) is 41.7 Å². The Hall–Kier alpha value is -2.81. The molecule has 4 rings (SSSR count). The van der Waals surface area contributed by atoms with E-state index in [4.69, 9.17) is 10.2 Å². The molecular formula is C19H20N4O4S. The molecule has 2 aromatic heterocycles. The number of aromatic nitrogens is 3. The number of phenols is 1. The van der Waals surface area contributed by atoms with Crippen LogP contribution in [0.1, 0.15) is 42.1 Å². The normalized spacial score (nSPS) is 13.9. The van der Waals surface area contributed by atoms with Crippen LogP contribution in [0.2, 0.25) is 0 Å². The number of thioether (sulfide) groups is 1. The van der Waals surface area contributed by atoms with Crippen LogP contribution in [-0.4, -0.2) is 25.8 Å². The summed E-state index contributed by atoms with van der Waals surface area (Å²) in [6.07, 6.45) is 2.38. The maximum absolute atomic E-state index is 12.0. The molecule has 1 saturated carbocycles. The summed E-state index contributed by atoms with van der Waals surface area (Å²) in [5.74, 6) is 1.48. The first-order chi connectivity index (χ1) is 13.4. The van der Waals surface area contributed by atoms with Crippen molar-refractivity contribution in [2.45, 2.75) is 49.6 Å². The van der Waals surface area contributed by atoms with Crippen LogP contribution >= 0.6 is 11.8 Å². The first kappa shape index (κ1) is 18.5. The Balaban J connectivity index is 1.64. The molecule has 3 N–H and O–H groups in total. The zero-order chi connectivity index (χ0) is 19.8. The van der Waals surface area contributed by atoms with Crippen molar-refractivity contribution in [1.29, 1.82) is 0 Å². The van der Waals surface area contributed by atoms with E-state index in [2.05, 4.69) is 10.2 Å². The number of carbonyl (C=O) groups is 1. The van der Waals surface area contributed by atoms with Gasteiger partial charge in [-0.1, -0.05) is 11.8 Å². The number of rotatable bonds is 7. The molecule has 0 bridgehead atoms.